The van der Waals surface area contributed by atoms with Gasteiger partial charge in [0, 0.05) is 12.1 Å². The molecule has 23 heavy (non-hydrogen) atoms. The molecular weight excluding hydrogens is 284 g/mol. The van der Waals surface area contributed by atoms with Crippen LogP contribution < -0.4 is 10.3 Å². The predicted octanol–water partition coefficient (Wildman–Crippen LogP) is 4.07. The number of aryl methyl sites for hydroxylation is 2. The molecule has 1 heterocycles. The summed E-state index contributed by atoms with van der Waals surface area (Å²) in [6.45, 7) is 10.5. The molecule has 0 saturated carbocycles. The third-order valence-corrected chi connectivity index (χ3v) is 3.61. The van der Waals surface area contributed by atoms with E-state index in [0.29, 0.717) is 5.82 Å². The van der Waals surface area contributed by atoms with Gasteiger partial charge in [0.05, 0.1) is 5.69 Å². The number of carbonyl (C=O) groups is 1. The molecule has 3 nitrogen and oxygen atoms in total. The van der Waals surface area contributed by atoms with Crippen LogP contribution >= 0.6 is 0 Å². The van der Waals surface area contributed by atoms with Crippen LogP contribution in [-0.2, 0) is 10.2 Å². The summed E-state index contributed by atoms with van der Waals surface area (Å²) >= 11 is 0. The predicted molar refractivity (Wildman–Crippen MR) is 95.3 cm³/mol. The fourth-order valence-corrected chi connectivity index (χ4v) is 2.40. The number of amides is 1. The van der Waals surface area contributed by atoms with Crippen LogP contribution in [0.2, 0.25) is 0 Å². The number of hydrogen-bond donors (Lipinski definition) is 1. The van der Waals surface area contributed by atoms with Crippen molar-refractivity contribution in [1.29, 1.82) is 0 Å². The van der Waals surface area contributed by atoms with Crippen LogP contribution in [0.5, 0.6) is 0 Å². The molecular formula is C20H25N2O+. The molecule has 1 amide bonds. The van der Waals surface area contributed by atoms with Crippen LogP contribution in [-0.4, -0.2) is 5.91 Å². The zero-order valence-electron chi connectivity index (χ0n) is 14.5. The zero-order valence-corrected chi connectivity index (χ0v) is 14.5. The van der Waals surface area contributed by atoms with Crippen LogP contribution in [0.25, 0.3) is 6.08 Å². The second kappa shape index (κ2) is 6.78. The van der Waals surface area contributed by atoms with E-state index < -0.39 is 0 Å². The van der Waals surface area contributed by atoms with Crippen molar-refractivity contribution in [1.82, 2.24) is 0 Å². The average Bonchev–Trinajstić information content (AvgIpc) is 2.43. The highest BCUT2D eigenvalue weighted by molar-refractivity contribution is 6.01. The molecule has 1 aromatic carbocycles. The van der Waals surface area contributed by atoms with Gasteiger partial charge in [-0.2, -0.15) is 0 Å². The molecule has 0 aliphatic heterocycles. The first kappa shape index (κ1) is 16.9. The first-order valence-corrected chi connectivity index (χ1v) is 7.84. The molecule has 2 N–H and O–H groups in total. The van der Waals surface area contributed by atoms with Crippen LogP contribution in [0.4, 0.5) is 5.82 Å². The maximum absolute atomic E-state index is 12.0. The number of aromatic amines is 1. The van der Waals surface area contributed by atoms with Gasteiger partial charge in [0.15, 0.2) is 0 Å². The third-order valence-electron chi connectivity index (χ3n) is 3.61. The molecule has 0 saturated heterocycles. The number of rotatable bonds is 3. The summed E-state index contributed by atoms with van der Waals surface area (Å²) in [4.78, 5) is 15.2. The molecule has 2 rings (SSSR count). The maximum atomic E-state index is 12.0. The number of nitrogens with one attached hydrogen (secondary N) is 2. The Balaban J connectivity index is 2.03. The van der Waals surface area contributed by atoms with E-state index in [1.807, 2.05) is 44.2 Å². The Kier molecular flexibility index (Phi) is 4.99. The van der Waals surface area contributed by atoms with Gasteiger partial charge in [-0.1, -0.05) is 45.0 Å². The van der Waals surface area contributed by atoms with E-state index in [2.05, 4.69) is 43.2 Å². The van der Waals surface area contributed by atoms with E-state index in [4.69, 9.17) is 0 Å². The van der Waals surface area contributed by atoms with Crippen molar-refractivity contribution in [2.45, 2.75) is 40.0 Å². The summed E-state index contributed by atoms with van der Waals surface area (Å²) in [5, 5.41) is 2.85. The quantitative estimate of drug-likeness (QED) is 0.853. The van der Waals surface area contributed by atoms with Gasteiger partial charge in [0.25, 0.3) is 5.82 Å². The molecule has 0 unspecified atom stereocenters. The standard InChI is InChI=1S/C20H24N2O/c1-14-12-15(2)21-18(13-14)22-19(23)11-8-16-6-9-17(10-7-16)20(3,4)5/h6-13H,1-5H3,(H,21,22,23)/p+1. The molecule has 0 fully saturated rings. The first-order chi connectivity index (χ1) is 10.7. The summed E-state index contributed by atoms with van der Waals surface area (Å²) in [5.41, 5.74) is 4.56. The van der Waals surface area contributed by atoms with Crippen molar-refractivity contribution in [2.75, 3.05) is 5.32 Å². The SMILES string of the molecule is Cc1cc(C)[nH+]c(NC(=O)C=Cc2ccc(C(C)(C)C)cc2)c1. The molecule has 3 heteroatoms. The van der Waals surface area contributed by atoms with Crippen LogP contribution in [0, 0.1) is 13.8 Å². The summed E-state index contributed by atoms with van der Waals surface area (Å²) in [6, 6.07) is 12.2. The van der Waals surface area contributed by atoms with E-state index in [0.717, 1.165) is 16.8 Å². The molecule has 2 aromatic rings. The lowest BCUT2D eigenvalue weighted by atomic mass is 9.87. The fourth-order valence-electron chi connectivity index (χ4n) is 2.40. The molecule has 0 atom stereocenters. The number of aromatic nitrogens is 1. The lowest BCUT2D eigenvalue weighted by Crippen LogP contribution is -2.19. The van der Waals surface area contributed by atoms with Gasteiger partial charge in [-0.3, -0.25) is 0 Å². The van der Waals surface area contributed by atoms with E-state index in [1.165, 1.54) is 5.56 Å². The van der Waals surface area contributed by atoms with Crippen molar-refractivity contribution < 1.29 is 9.78 Å². The van der Waals surface area contributed by atoms with E-state index in [9.17, 15) is 4.79 Å². The molecule has 120 valence electrons. The van der Waals surface area contributed by atoms with E-state index in [1.54, 1.807) is 6.08 Å². The number of benzene rings is 1. The molecule has 1 aromatic heterocycles. The molecule has 0 spiro atoms. The third kappa shape index (κ3) is 5.06. The second-order valence-electron chi connectivity index (χ2n) is 6.95. The zero-order chi connectivity index (χ0) is 17.0. The van der Waals surface area contributed by atoms with E-state index >= 15 is 0 Å². The Morgan fingerprint density at radius 3 is 2.30 bits per heavy atom. The minimum absolute atomic E-state index is 0.137. The van der Waals surface area contributed by atoms with E-state index in [-0.39, 0.29) is 11.3 Å². The normalized spacial score (nSPS) is 11.7. The van der Waals surface area contributed by atoms with Gasteiger partial charge < -0.3 is 0 Å². The Labute approximate surface area is 138 Å². The van der Waals surface area contributed by atoms with Crippen molar-refractivity contribution in [3.05, 3.63) is 64.9 Å². The number of anilines is 1. The Morgan fingerprint density at radius 1 is 1.09 bits per heavy atom. The molecule has 0 radical (unpaired) electrons. The van der Waals surface area contributed by atoms with Crippen LogP contribution in [0.3, 0.4) is 0 Å². The number of pyridine rings is 1. The fraction of sp³-hybridized carbons (Fsp3) is 0.300. The Hall–Kier alpha value is -2.42. The summed E-state index contributed by atoms with van der Waals surface area (Å²) in [5.74, 6) is 0.561. The Bertz CT molecular complexity index is 702. The summed E-state index contributed by atoms with van der Waals surface area (Å²) in [7, 11) is 0. The maximum Gasteiger partial charge on any atom is 0.331 e. The number of carbonyl (C=O) groups excluding carboxylic acids is 1. The Morgan fingerprint density at radius 2 is 1.74 bits per heavy atom. The van der Waals surface area contributed by atoms with Gasteiger partial charge in [-0.25, -0.2) is 15.1 Å². The summed E-state index contributed by atoms with van der Waals surface area (Å²) in [6.07, 6.45) is 3.38. The lowest BCUT2D eigenvalue weighted by molar-refractivity contribution is -0.370. The molecule has 0 aliphatic rings. The highest BCUT2D eigenvalue weighted by Crippen LogP contribution is 2.22. The van der Waals surface area contributed by atoms with Gasteiger partial charge in [-0.05, 0) is 48.1 Å². The second-order valence-corrected chi connectivity index (χ2v) is 6.95. The van der Waals surface area contributed by atoms with Gasteiger partial charge >= 0.3 is 5.91 Å². The lowest BCUT2D eigenvalue weighted by Gasteiger charge is -2.18. The van der Waals surface area contributed by atoms with Crippen molar-refractivity contribution in [2.24, 2.45) is 0 Å². The van der Waals surface area contributed by atoms with Crippen molar-refractivity contribution in [3.63, 3.8) is 0 Å². The minimum atomic E-state index is -0.147. The van der Waals surface area contributed by atoms with Crippen molar-refractivity contribution >= 4 is 17.8 Å². The number of H-pyrrole nitrogens is 1. The molecule has 0 bridgehead atoms. The largest absolute Gasteiger partial charge is 0.331 e. The first-order valence-electron chi connectivity index (χ1n) is 7.84. The molecule has 0 aliphatic carbocycles. The minimum Gasteiger partial charge on any atom is -0.245 e. The number of hydrogen-bond acceptors (Lipinski definition) is 1. The smallest absolute Gasteiger partial charge is 0.245 e. The highest BCUT2D eigenvalue weighted by atomic mass is 16.1. The highest BCUT2D eigenvalue weighted by Gasteiger charge is 2.12. The van der Waals surface area contributed by atoms with Crippen LogP contribution in [0.1, 0.15) is 43.2 Å². The van der Waals surface area contributed by atoms with Crippen LogP contribution in [0.15, 0.2) is 42.5 Å². The van der Waals surface area contributed by atoms with Gasteiger partial charge in [0.2, 0.25) is 0 Å². The monoisotopic (exact) mass is 309 g/mol. The van der Waals surface area contributed by atoms with Gasteiger partial charge in [-0.15, -0.1) is 0 Å². The topological polar surface area (TPSA) is 43.2 Å². The van der Waals surface area contributed by atoms with Gasteiger partial charge in [0.1, 0.15) is 0 Å². The van der Waals surface area contributed by atoms with Crippen molar-refractivity contribution in [3.8, 4) is 0 Å². The average molecular weight is 309 g/mol. The summed E-state index contributed by atoms with van der Waals surface area (Å²) < 4.78 is 0.